The van der Waals surface area contributed by atoms with Crippen molar-refractivity contribution < 1.29 is 23.1 Å². The number of carboxylic acid groups (broad SMARTS) is 1. The van der Waals surface area contributed by atoms with Crippen LogP contribution in [0, 0.1) is 10.8 Å². The van der Waals surface area contributed by atoms with Crippen LogP contribution in [0.2, 0.25) is 0 Å². The Morgan fingerprint density at radius 1 is 1.33 bits per heavy atom. The lowest BCUT2D eigenvalue weighted by atomic mass is 9.86. The van der Waals surface area contributed by atoms with Crippen molar-refractivity contribution in [3.05, 3.63) is 0 Å². The van der Waals surface area contributed by atoms with E-state index in [4.69, 9.17) is 5.11 Å². The number of carboxylic acids is 1. The van der Waals surface area contributed by atoms with E-state index in [-0.39, 0.29) is 24.4 Å². The van der Waals surface area contributed by atoms with Crippen LogP contribution in [-0.2, 0) is 4.79 Å². The van der Waals surface area contributed by atoms with Crippen molar-refractivity contribution in [1.29, 1.82) is 0 Å². The molecule has 104 valence electrons. The van der Waals surface area contributed by atoms with Crippen molar-refractivity contribution in [3.63, 3.8) is 0 Å². The fourth-order valence-corrected chi connectivity index (χ4v) is 2.75. The molecule has 0 spiro atoms. The summed E-state index contributed by atoms with van der Waals surface area (Å²) >= 11 is 0. The van der Waals surface area contributed by atoms with Gasteiger partial charge in [0.15, 0.2) is 5.41 Å². The summed E-state index contributed by atoms with van der Waals surface area (Å²) in [4.78, 5) is 12.7. The first-order valence-electron chi connectivity index (χ1n) is 6.17. The fraction of sp³-hybridized carbons (Fsp3) is 0.917. The Bertz CT molecular complexity index is 365. The largest absolute Gasteiger partial charge is 0.481 e. The Morgan fingerprint density at radius 3 is 2.22 bits per heavy atom. The Labute approximate surface area is 104 Å². The third kappa shape index (κ3) is 1.90. The molecule has 3 nitrogen and oxygen atoms in total. The van der Waals surface area contributed by atoms with Crippen molar-refractivity contribution >= 4 is 5.97 Å². The number of hydrogen-bond acceptors (Lipinski definition) is 2. The summed E-state index contributed by atoms with van der Waals surface area (Å²) in [5, 5.41) is 8.97. The fourth-order valence-electron chi connectivity index (χ4n) is 2.75. The van der Waals surface area contributed by atoms with Gasteiger partial charge in [0, 0.05) is 12.6 Å². The van der Waals surface area contributed by atoms with Gasteiger partial charge in [-0.1, -0.05) is 6.92 Å². The zero-order valence-corrected chi connectivity index (χ0v) is 10.5. The van der Waals surface area contributed by atoms with Gasteiger partial charge < -0.3 is 5.11 Å². The van der Waals surface area contributed by atoms with Crippen LogP contribution in [-0.4, -0.2) is 41.3 Å². The van der Waals surface area contributed by atoms with Crippen LogP contribution in [0.5, 0.6) is 0 Å². The molecule has 18 heavy (non-hydrogen) atoms. The van der Waals surface area contributed by atoms with Gasteiger partial charge in [0.1, 0.15) is 0 Å². The minimum absolute atomic E-state index is 0.0149. The maximum atomic E-state index is 13.0. The lowest BCUT2D eigenvalue weighted by Crippen LogP contribution is -2.48. The Balaban J connectivity index is 2.16. The first-order valence-corrected chi connectivity index (χ1v) is 6.17. The highest BCUT2D eigenvalue weighted by molar-refractivity contribution is 5.76. The first-order chi connectivity index (χ1) is 8.12. The third-order valence-electron chi connectivity index (χ3n) is 4.85. The van der Waals surface area contributed by atoms with Crippen molar-refractivity contribution in [2.24, 2.45) is 10.8 Å². The zero-order chi connectivity index (χ0) is 13.8. The first kappa shape index (κ1) is 13.6. The average Bonchev–Trinajstić information content (AvgIpc) is 2.81. The van der Waals surface area contributed by atoms with Crippen LogP contribution in [0.1, 0.15) is 33.1 Å². The molecule has 0 bridgehead atoms. The Morgan fingerprint density at radius 2 is 1.89 bits per heavy atom. The van der Waals surface area contributed by atoms with E-state index in [9.17, 15) is 18.0 Å². The molecule has 0 amide bonds. The van der Waals surface area contributed by atoms with Gasteiger partial charge in [-0.25, -0.2) is 0 Å². The van der Waals surface area contributed by atoms with E-state index in [0.717, 1.165) is 12.8 Å². The van der Waals surface area contributed by atoms with Gasteiger partial charge >= 0.3 is 12.1 Å². The normalized spacial score (nSPS) is 33.4. The molecule has 1 saturated carbocycles. The molecule has 2 aliphatic rings. The molecule has 2 rings (SSSR count). The lowest BCUT2D eigenvalue weighted by Gasteiger charge is -2.32. The summed E-state index contributed by atoms with van der Waals surface area (Å²) in [5.41, 5.74) is -2.51. The van der Waals surface area contributed by atoms with Gasteiger partial charge in [-0.3, -0.25) is 9.69 Å². The predicted molar refractivity (Wildman–Crippen MR) is 59.1 cm³/mol. The Kier molecular flexibility index (Phi) is 2.92. The maximum absolute atomic E-state index is 13.0. The number of carbonyl (C=O) groups is 1. The van der Waals surface area contributed by atoms with Crippen molar-refractivity contribution in [1.82, 2.24) is 4.90 Å². The number of nitrogens with zero attached hydrogens (tertiary/aromatic N) is 1. The highest BCUT2D eigenvalue weighted by Gasteiger charge is 2.64. The standard InChI is InChI=1S/C12H18F3NO2/c1-8(10(2)3-4-10)16-6-5-11(7-16,9(17)18)12(13,14)15/h8H,3-7H2,1-2H3,(H,17,18). The number of rotatable bonds is 3. The van der Waals surface area contributed by atoms with Crippen LogP contribution in [0.25, 0.3) is 0 Å². The molecule has 2 unspecified atom stereocenters. The van der Waals surface area contributed by atoms with E-state index >= 15 is 0 Å². The molecule has 0 aromatic rings. The number of hydrogen-bond donors (Lipinski definition) is 1. The second kappa shape index (κ2) is 3.85. The summed E-state index contributed by atoms with van der Waals surface area (Å²) < 4.78 is 39.0. The highest BCUT2D eigenvalue weighted by atomic mass is 19.4. The summed E-state index contributed by atoms with van der Waals surface area (Å²) in [7, 11) is 0. The van der Waals surface area contributed by atoms with Crippen molar-refractivity contribution in [3.8, 4) is 0 Å². The second-order valence-corrected chi connectivity index (χ2v) is 5.94. The van der Waals surface area contributed by atoms with Crippen LogP contribution in [0.4, 0.5) is 13.2 Å². The topological polar surface area (TPSA) is 40.5 Å². The molecule has 1 aliphatic heterocycles. The monoisotopic (exact) mass is 265 g/mol. The van der Waals surface area contributed by atoms with Gasteiger partial charge in [0.2, 0.25) is 0 Å². The summed E-state index contributed by atoms with van der Waals surface area (Å²) in [6.45, 7) is 3.75. The third-order valence-corrected chi connectivity index (χ3v) is 4.85. The van der Waals surface area contributed by atoms with E-state index in [0.29, 0.717) is 0 Å². The SMILES string of the molecule is CC(N1CCC(C(=O)O)(C(F)(F)F)C1)C1(C)CC1. The molecule has 1 N–H and O–H groups in total. The van der Waals surface area contributed by atoms with E-state index in [1.807, 2.05) is 13.8 Å². The van der Waals surface area contributed by atoms with Crippen LogP contribution in [0.15, 0.2) is 0 Å². The van der Waals surface area contributed by atoms with Crippen molar-refractivity contribution in [2.75, 3.05) is 13.1 Å². The zero-order valence-electron chi connectivity index (χ0n) is 10.5. The summed E-state index contributed by atoms with van der Waals surface area (Å²) in [6.07, 6.45) is -3.00. The number of aliphatic carboxylic acids is 1. The molecule has 1 aliphatic carbocycles. The van der Waals surface area contributed by atoms with Gasteiger partial charge in [-0.05, 0) is 38.1 Å². The molecular formula is C12H18F3NO2. The van der Waals surface area contributed by atoms with Gasteiger partial charge in [0.05, 0.1) is 0 Å². The summed E-state index contributed by atoms with van der Waals surface area (Å²) in [6, 6.07) is 0.0149. The molecule has 0 aromatic heterocycles. The van der Waals surface area contributed by atoms with Crippen LogP contribution in [0.3, 0.4) is 0 Å². The highest BCUT2D eigenvalue weighted by Crippen LogP contribution is 2.53. The molecule has 1 heterocycles. The molecule has 2 fully saturated rings. The van der Waals surface area contributed by atoms with Crippen LogP contribution >= 0.6 is 0 Å². The smallest absolute Gasteiger partial charge is 0.406 e. The molecule has 0 aromatic carbocycles. The molecule has 0 radical (unpaired) electrons. The maximum Gasteiger partial charge on any atom is 0.406 e. The van der Waals surface area contributed by atoms with Gasteiger partial charge in [0.25, 0.3) is 0 Å². The lowest BCUT2D eigenvalue weighted by molar-refractivity contribution is -0.228. The number of halogens is 3. The van der Waals surface area contributed by atoms with E-state index in [2.05, 4.69) is 0 Å². The van der Waals surface area contributed by atoms with Crippen molar-refractivity contribution in [2.45, 2.75) is 45.3 Å². The average molecular weight is 265 g/mol. The summed E-state index contributed by atoms with van der Waals surface area (Å²) in [5.74, 6) is -1.74. The van der Waals surface area contributed by atoms with E-state index < -0.39 is 24.1 Å². The second-order valence-electron chi connectivity index (χ2n) is 5.94. The molecule has 1 saturated heterocycles. The Hall–Kier alpha value is -0.780. The van der Waals surface area contributed by atoms with E-state index in [1.165, 1.54) is 0 Å². The quantitative estimate of drug-likeness (QED) is 0.852. The molecule has 6 heteroatoms. The molecule has 2 atom stereocenters. The van der Waals surface area contributed by atoms with Gasteiger partial charge in [-0.2, -0.15) is 13.2 Å². The minimum atomic E-state index is -4.68. The number of alkyl halides is 3. The predicted octanol–water partition coefficient (Wildman–Crippen LogP) is 2.51. The minimum Gasteiger partial charge on any atom is -0.481 e. The van der Waals surface area contributed by atoms with E-state index in [1.54, 1.807) is 4.90 Å². The number of likely N-dealkylation sites (tertiary alicyclic amines) is 1. The van der Waals surface area contributed by atoms with Crippen LogP contribution < -0.4 is 0 Å². The molecular weight excluding hydrogens is 247 g/mol. The van der Waals surface area contributed by atoms with Gasteiger partial charge in [-0.15, -0.1) is 0 Å².